The Balaban J connectivity index is 1.37. The topological polar surface area (TPSA) is 62.2 Å². The molecule has 2 aromatic heterocycles. The number of nitrogens with zero attached hydrogens (tertiary/aromatic N) is 5. The molecule has 2 aliphatic rings. The molecule has 2 fully saturated rings. The third-order valence-corrected chi connectivity index (χ3v) is 6.63. The van der Waals surface area contributed by atoms with Crippen molar-refractivity contribution in [3.8, 4) is 11.4 Å². The van der Waals surface area contributed by atoms with Gasteiger partial charge < -0.3 is 9.80 Å². The summed E-state index contributed by atoms with van der Waals surface area (Å²) in [7, 11) is 0. The maximum Gasteiger partial charge on any atom is 0.225 e. The van der Waals surface area contributed by atoms with Gasteiger partial charge in [-0.15, -0.1) is 0 Å². The van der Waals surface area contributed by atoms with Crippen LogP contribution in [0, 0.1) is 11.8 Å². The van der Waals surface area contributed by atoms with Crippen molar-refractivity contribution in [2.75, 3.05) is 31.1 Å². The van der Waals surface area contributed by atoms with Crippen LogP contribution in [-0.2, 0) is 4.79 Å². The Labute approximate surface area is 183 Å². The summed E-state index contributed by atoms with van der Waals surface area (Å²) < 4.78 is 0. The van der Waals surface area contributed by atoms with Crippen LogP contribution in [0.3, 0.4) is 0 Å². The SMILES string of the molecule is CC1CCCN(C(=O)C2CCN(c3nc(-c4ccncc4)nc4ccccc34)CC2)C1. The van der Waals surface area contributed by atoms with Crippen LogP contribution < -0.4 is 4.90 Å². The first kappa shape index (κ1) is 19.9. The third kappa shape index (κ3) is 4.11. The summed E-state index contributed by atoms with van der Waals surface area (Å²) in [6, 6.07) is 12.1. The maximum absolute atomic E-state index is 13.1. The largest absolute Gasteiger partial charge is 0.356 e. The molecule has 1 amide bonds. The van der Waals surface area contributed by atoms with Crippen LogP contribution in [0.5, 0.6) is 0 Å². The Morgan fingerprint density at radius 3 is 2.52 bits per heavy atom. The lowest BCUT2D eigenvalue weighted by Gasteiger charge is -2.37. The van der Waals surface area contributed by atoms with E-state index in [1.807, 2.05) is 30.3 Å². The number of hydrogen-bond acceptors (Lipinski definition) is 5. The second-order valence-electron chi connectivity index (χ2n) is 8.92. The summed E-state index contributed by atoms with van der Waals surface area (Å²) in [6.45, 7) is 5.79. The lowest BCUT2D eigenvalue weighted by atomic mass is 9.92. The fourth-order valence-electron chi connectivity index (χ4n) is 4.92. The number of aromatic nitrogens is 3. The van der Waals surface area contributed by atoms with Gasteiger partial charge >= 0.3 is 0 Å². The Morgan fingerprint density at radius 1 is 0.968 bits per heavy atom. The number of piperidine rings is 2. The van der Waals surface area contributed by atoms with Crippen LogP contribution in [0.25, 0.3) is 22.3 Å². The number of anilines is 1. The number of benzene rings is 1. The normalized spacial score (nSPS) is 20.2. The van der Waals surface area contributed by atoms with Crippen molar-refractivity contribution in [2.24, 2.45) is 11.8 Å². The number of amides is 1. The van der Waals surface area contributed by atoms with Crippen molar-refractivity contribution in [3.63, 3.8) is 0 Å². The van der Waals surface area contributed by atoms with E-state index in [4.69, 9.17) is 9.97 Å². The van der Waals surface area contributed by atoms with E-state index >= 15 is 0 Å². The molecule has 0 saturated carbocycles. The first-order valence-corrected chi connectivity index (χ1v) is 11.4. The van der Waals surface area contributed by atoms with E-state index in [0.717, 1.165) is 73.6 Å². The highest BCUT2D eigenvalue weighted by Gasteiger charge is 2.31. The number of carbonyl (C=O) groups is 1. The number of rotatable bonds is 3. The predicted molar refractivity (Wildman–Crippen MR) is 123 cm³/mol. The summed E-state index contributed by atoms with van der Waals surface area (Å²) in [5.41, 5.74) is 1.91. The molecule has 31 heavy (non-hydrogen) atoms. The quantitative estimate of drug-likeness (QED) is 0.643. The zero-order chi connectivity index (χ0) is 21.2. The predicted octanol–water partition coefficient (Wildman–Crippen LogP) is 4.17. The zero-order valence-electron chi connectivity index (χ0n) is 18.1. The summed E-state index contributed by atoms with van der Waals surface area (Å²) in [6.07, 6.45) is 7.68. The number of hydrogen-bond donors (Lipinski definition) is 0. The van der Waals surface area contributed by atoms with E-state index in [0.29, 0.717) is 11.8 Å². The average Bonchev–Trinajstić information content (AvgIpc) is 2.83. The molecular weight excluding hydrogens is 386 g/mol. The fraction of sp³-hybridized carbons (Fsp3) is 0.440. The van der Waals surface area contributed by atoms with E-state index in [1.54, 1.807) is 12.4 Å². The van der Waals surface area contributed by atoms with Crippen LogP contribution in [-0.4, -0.2) is 51.9 Å². The van der Waals surface area contributed by atoms with Gasteiger partial charge in [0.25, 0.3) is 0 Å². The molecule has 0 bridgehead atoms. The van der Waals surface area contributed by atoms with Crippen LogP contribution in [0.15, 0.2) is 48.8 Å². The molecule has 4 heterocycles. The molecular formula is C25H29N5O. The summed E-state index contributed by atoms with van der Waals surface area (Å²) >= 11 is 0. The number of fused-ring (bicyclic) bond motifs is 1. The monoisotopic (exact) mass is 415 g/mol. The highest BCUT2D eigenvalue weighted by Crippen LogP contribution is 2.31. The minimum atomic E-state index is 0.134. The Hall–Kier alpha value is -3.02. The first-order chi connectivity index (χ1) is 15.2. The lowest BCUT2D eigenvalue weighted by molar-refractivity contribution is -0.137. The van der Waals surface area contributed by atoms with E-state index in [2.05, 4.69) is 27.8 Å². The Morgan fingerprint density at radius 2 is 1.74 bits per heavy atom. The molecule has 3 aromatic rings. The van der Waals surface area contributed by atoms with E-state index in [-0.39, 0.29) is 5.92 Å². The smallest absolute Gasteiger partial charge is 0.225 e. The number of carbonyl (C=O) groups excluding carboxylic acids is 1. The van der Waals surface area contributed by atoms with Crippen molar-refractivity contribution < 1.29 is 4.79 Å². The highest BCUT2D eigenvalue weighted by molar-refractivity contribution is 5.91. The van der Waals surface area contributed by atoms with Gasteiger partial charge in [0.2, 0.25) is 5.91 Å². The molecule has 6 heteroatoms. The minimum absolute atomic E-state index is 0.134. The van der Waals surface area contributed by atoms with Gasteiger partial charge in [-0.25, -0.2) is 9.97 Å². The molecule has 0 aliphatic carbocycles. The standard InChI is InChI=1S/C25H29N5O/c1-18-5-4-14-30(17-18)25(31)20-10-15-29(16-11-20)24-21-6-2-3-7-22(21)27-23(28-24)19-8-12-26-13-9-19/h2-3,6-9,12-13,18,20H,4-5,10-11,14-17H2,1H3. The molecule has 1 aromatic carbocycles. The molecule has 0 radical (unpaired) electrons. The zero-order valence-corrected chi connectivity index (χ0v) is 18.1. The molecule has 0 spiro atoms. The molecule has 1 unspecified atom stereocenters. The molecule has 2 saturated heterocycles. The van der Waals surface area contributed by atoms with Crippen molar-refractivity contribution in [1.29, 1.82) is 0 Å². The van der Waals surface area contributed by atoms with Crippen LogP contribution in [0.1, 0.15) is 32.6 Å². The fourth-order valence-corrected chi connectivity index (χ4v) is 4.92. The molecule has 5 rings (SSSR count). The second-order valence-corrected chi connectivity index (χ2v) is 8.92. The van der Waals surface area contributed by atoms with Crippen LogP contribution in [0.2, 0.25) is 0 Å². The maximum atomic E-state index is 13.1. The van der Waals surface area contributed by atoms with Gasteiger partial charge in [-0.05, 0) is 55.9 Å². The summed E-state index contributed by atoms with van der Waals surface area (Å²) in [5.74, 6) is 2.80. The van der Waals surface area contributed by atoms with Gasteiger partial charge in [0, 0.05) is 55.4 Å². The highest BCUT2D eigenvalue weighted by atomic mass is 16.2. The summed E-state index contributed by atoms with van der Waals surface area (Å²) in [5, 5.41) is 1.06. The Bertz CT molecular complexity index is 1060. The summed E-state index contributed by atoms with van der Waals surface area (Å²) in [4.78, 5) is 31.4. The Kier molecular flexibility index (Phi) is 5.53. The van der Waals surface area contributed by atoms with Crippen LogP contribution >= 0.6 is 0 Å². The lowest BCUT2D eigenvalue weighted by Crippen LogP contribution is -2.46. The van der Waals surface area contributed by atoms with E-state index in [1.165, 1.54) is 6.42 Å². The van der Waals surface area contributed by atoms with Gasteiger partial charge in [-0.3, -0.25) is 9.78 Å². The van der Waals surface area contributed by atoms with E-state index < -0.39 is 0 Å². The molecule has 6 nitrogen and oxygen atoms in total. The van der Waals surface area contributed by atoms with Crippen LogP contribution in [0.4, 0.5) is 5.82 Å². The van der Waals surface area contributed by atoms with Crippen molar-refractivity contribution in [1.82, 2.24) is 19.9 Å². The van der Waals surface area contributed by atoms with Gasteiger partial charge in [0.15, 0.2) is 5.82 Å². The molecule has 160 valence electrons. The molecule has 1 atom stereocenters. The van der Waals surface area contributed by atoms with Crippen molar-refractivity contribution in [2.45, 2.75) is 32.6 Å². The second kappa shape index (κ2) is 8.61. The van der Waals surface area contributed by atoms with Gasteiger partial charge in [0.1, 0.15) is 5.82 Å². The third-order valence-electron chi connectivity index (χ3n) is 6.63. The van der Waals surface area contributed by atoms with E-state index in [9.17, 15) is 4.79 Å². The molecule has 2 aliphatic heterocycles. The number of pyridine rings is 1. The number of para-hydroxylation sites is 1. The van der Waals surface area contributed by atoms with Crippen molar-refractivity contribution >= 4 is 22.6 Å². The number of likely N-dealkylation sites (tertiary alicyclic amines) is 1. The van der Waals surface area contributed by atoms with Gasteiger partial charge in [-0.2, -0.15) is 0 Å². The first-order valence-electron chi connectivity index (χ1n) is 11.4. The van der Waals surface area contributed by atoms with Gasteiger partial charge in [0.05, 0.1) is 5.52 Å². The van der Waals surface area contributed by atoms with Crippen molar-refractivity contribution in [3.05, 3.63) is 48.8 Å². The minimum Gasteiger partial charge on any atom is -0.356 e. The molecule has 0 N–H and O–H groups in total. The van der Waals surface area contributed by atoms with Gasteiger partial charge in [-0.1, -0.05) is 19.1 Å². The average molecular weight is 416 g/mol.